The van der Waals surface area contributed by atoms with Crippen molar-refractivity contribution in [1.82, 2.24) is 0 Å². The Balaban J connectivity index is 2.81. The fourth-order valence-electron chi connectivity index (χ4n) is 2.01. The number of hydrogen-bond donors (Lipinski definition) is 1. The first kappa shape index (κ1) is 18.3. The van der Waals surface area contributed by atoms with E-state index in [4.69, 9.17) is 16.3 Å². The molecule has 2 unspecified atom stereocenters. The van der Waals surface area contributed by atoms with Gasteiger partial charge in [0.25, 0.3) is 0 Å². The number of thioether (sulfide) groups is 1. The quantitative estimate of drug-likeness (QED) is 0.252. The summed E-state index contributed by atoms with van der Waals surface area (Å²) in [6.07, 6.45) is 5.27. The van der Waals surface area contributed by atoms with Crippen LogP contribution in [0.2, 0.25) is 0 Å². The zero-order valence-corrected chi connectivity index (χ0v) is 14.3. The molecule has 0 fully saturated rings. The number of carboxylic acid groups (broad SMARTS) is 1. The summed E-state index contributed by atoms with van der Waals surface area (Å²) in [7, 11) is 0. The third-order valence-corrected chi connectivity index (χ3v) is 4.38. The standard InChI is InChI=1S/C15H22ClNO3S/c1-10(2)15(14(18)19)7-12(5-6-13(15)16)17-8-21-9-20-11(3)4/h5-8,10-11,13H,9H2,1-4H3,(H,18,19). The number of aliphatic imine (C=N–C) groups is 1. The molecule has 6 heteroatoms. The molecule has 0 heterocycles. The Kier molecular flexibility index (Phi) is 6.97. The Hall–Kier alpha value is -0.780. The molecule has 0 aromatic heterocycles. The molecule has 0 spiro atoms. The van der Waals surface area contributed by atoms with E-state index in [-0.39, 0.29) is 12.0 Å². The van der Waals surface area contributed by atoms with Crippen molar-refractivity contribution in [2.24, 2.45) is 16.3 Å². The number of ether oxygens (including phenoxy) is 1. The van der Waals surface area contributed by atoms with Crippen LogP contribution in [-0.4, -0.2) is 34.0 Å². The minimum absolute atomic E-state index is 0.135. The normalized spacial score (nSPS) is 25.9. The Morgan fingerprint density at radius 3 is 2.76 bits per heavy atom. The highest BCUT2D eigenvalue weighted by Gasteiger charge is 2.46. The van der Waals surface area contributed by atoms with E-state index in [0.717, 1.165) is 0 Å². The van der Waals surface area contributed by atoms with Crippen LogP contribution in [0.25, 0.3) is 0 Å². The number of carbonyl (C=O) groups is 1. The molecule has 0 aromatic rings. The van der Waals surface area contributed by atoms with E-state index >= 15 is 0 Å². The lowest BCUT2D eigenvalue weighted by Crippen LogP contribution is -2.43. The number of aliphatic carboxylic acids is 1. The Morgan fingerprint density at radius 2 is 2.24 bits per heavy atom. The number of halogens is 1. The summed E-state index contributed by atoms with van der Waals surface area (Å²) >= 11 is 7.65. The highest BCUT2D eigenvalue weighted by atomic mass is 35.5. The minimum atomic E-state index is -1.12. The van der Waals surface area contributed by atoms with Crippen molar-refractivity contribution in [3.8, 4) is 0 Å². The zero-order chi connectivity index (χ0) is 16.0. The maximum atomic E-state index is 11.7. The Morgan fingerprint density at radius 1 is 1.57 bits per heavy atom. The summed E-state index contributed by atoms with van der Waals surface area (Å²) < 4.78 is 5.38. The summed E-state index contributed by atoms with van der Waals surface area (Å²) in [6.45, 7) is 7.64. The maximum absolute atomic E-state index is 11.7. The van der Waals surface area contributed by atoms with E-state index in [9.17, 15) is 9.90 Å². The van der Waals surface area contributed by atoms with Crippen LogP contribution >= 0.6 is 23.4 Å². The van der Waals surface area contributed by atoms with Crippen LogP contribution in [0.4, 0.5) is 0 Å². The second-order valence-electron chi connectivity index (χ2n) is 5.46. The van der Waals surface area contributed by atoms with Gasteiger partial charge in [-0.3, -0.25) is 9.79 Å². The van der Waals surface area contributed by atoms with Gasteiger partial charge in [0.1, 0.15) is 5.41 Å². The summed E-state index contributed by atoms with van der Waals surface area (Å²) in [4.78, 5) is 16.0. The Labute approximate surface area is 135 Å². The second-order valence-corrected chi connectivity index (χ2v) is 6.71. The van der Waals surface area contributed by atoms with Gasteiger partial charge in [0.15, 0.2) is 0 Å². The molecule has 0 saturated carbocycles. The first-order valence-electron chi connectivity index (χ1n) is 6.85. The second kappa shape index (κ2) is 8.01. The van der Waals surface area contributed by atoms with Crippen LogP contribution in [0.15, 0.2) is 28.9 Å². The van der Waals surface area contributed by atoms with Crippen molar-refractivity contribution in [2.75, 3.05) is 5.94 Å². The van der Waals surface area contributed by atoms with Gasteiger partial charge >= 0.3 is 5.97 Å². The number of hydrogen-bond acceptors (Lipinski definition) is 4. The highest BCUT2D eigenvalue weighted by molar-refractivity contribution is 8.11. The third kappa shape index (κ3) is 4.59. The molecule has 0 aliphatic heterocycles. The monoisotopic (exact) mass is 331 g/mol. The molecule has 0 radical (unpaired) electrons. The van der Waals surface area contributed by atoms with E-state index < -0.39 is 16.8 Å². The lowest BCUT2D eigenvalue weighted by Gasteiger charge is -2.35. The summed E-state index contributed by atoms with van der Waals surface area (Å²) in [5, 5.41) is 9.00. The average Bonchev–Trinajstić information content (AvgIpc) is 2.39. The van der Waals surface area contributed by atoms with Gasteiger partial charge in [-0.15, -0.1) is 11.6 Å². The Bertz CT molecular complexity index is 460. The molecule has 1 aliphatic rings. The number of carboxylic acids is 1. The number of nitrogens with zero attached hydrogens (tertiary/aromatic N) is 1. The molecular formula is C15H22ClNO3S. The summed E-state index contributed by atoms with van der Waals surface area (Å²) in [5.74, 6) is -0.542. The predicted molar refractivity (Wildman–Crippen MR) is 88.9 cm³/mol. The van der Waals surface area contributed by atoms with Gasteiger partial charge in [-0.1, -0.05) is 31.7 Å². The molecule has 0 bridgehead atoms. The van der Waals surface area contributed by atoms with E-state index in [2.05, 4.69) is 4.99 Å². The van der Waals surface area contributed by atoms with Crippen molar-refractivity contribution in [3.63, 3.8) is 0 Å². The average molecular weight is 332 g/mol. The molecule has 4 nitrogen and oxygen atoms in total. The van der Waals surface area contributed by atoms with Crippen molar-refractivity contribution >= 4 is 34.9 Å². The molecular weight excluding hydrogens is 310 g/mol. The van der Waals surface area contributed by atoms with Gasteiger partial charge < -0.3 is 9.84 Å². The molecule has 1 rings (SSSR count). The van der Waals surface area contributed by atoms with E-state index in [1.54, 1.807) is 23.8 Å². The largest absolute Gasteiger partial charge is 0.481 e. The topological polar surface area (TPSA) is 58.9 Å². The van der Waals surface area contributed by atoms with Gasteiger partial charge in [0.2, 0.25) is 0 Å². The maximum Gasteiger partial charge on any atom is 0.315 e. The molecule has 0 amide bonds. The lowest BCUT2D eigenvalue weighted by molar-refractivity contribution is -0.148. The zero-order valence-electron chi connectivity index (χ0n) is 12.7. The lowest BCUT2D eigenvalue weighted by atomic mass is 9.71. The molecule has 0 saturated heterocycles. The van der Waals surface area contributed by atoms with Crippen molar-refractivity contribution in [2.45, 2.75) is 39.2 Å². The molecule has 0 aromatic carbocycles. The SMILES string of the molecule is CC(C)OCSC=NC1=CC(C(=O)O)(C(C)C)C(Cl)C=C1. The van der Waals surface area contributed by atoms with Crippen LogP contribution < -0.4 is 0 Å². The van der Waals surface area contributed by atoms with Crippen LogP contribution in [-0.2, 0) is 9.53 Å². The van der Waals surface area contributed by atoms with Crippen LogP contribution in [0.3, 0.4) is 0 Å². The predicted octanol–water partition coefficient (Wildman–Crippen LogP) is 3.92. The molecule has 2 atom stereocenters. The van der Waals surface area contributed by atoms with Crippen molar-refractivity contribution in [3.05, 3.63) is 23.9 Å². The van der Waals surface area contributed by atoms with E-state index in [0.29, 0.717) is 11.6 Å². The van der Waals surface area contributed by atoms with E-state index in [1.165, 1.54) is 11.8 Å². The van der Waals surface area contributed by atoms with Gasteiger partial charge in [0.05, 0.1) is 28.7 Å². The fourth-order valence-corrected chi connectivity index (χ4v) is 3.10. The fraction of sp³-hybridized carbons (Fsp3) is 0.600. The number of allylic oxidation sites excluding steroid dienone is 2. The molecule has 1 N–H and O–H groups in total. The van der Waals surface area contributed by atoms with Gasteiger partial charge in [0, 0.05) is 0 Å². The van der Waals surface area contributed by atoms with Gasteiger partial charge in [-0.25, -0.2) is 0 Å². The first-order chi connectivity index (χ1) is 9.80. The van der Waals surface area contributed by atoms with Crippen LogP contribution in [0, 0.1) is 11.3 Å². The highest BCUT2D eigenvalue weighted by Crippen LogP contribution is 2.41. The minimum Gasteiger partial charge on any atom is -0.481 e. The first-order valence-corrected chi connectivity index (χ1v) is 8.33. The van der Waals surface area contributed by atoms with Crippen molar-refractivity contribution in [1.29, 1.82) is 0 Å². The van der Waals surface area contributed by atoms with Crippen molar-refractivity contribution < 1.29 is 14.6 Å². The molecule has 21 heavy (non-hydrogen) atoms. The van der Waals surface area contributed by atoms with E-state index in [1.807, 2.05) is 27.7 Å². The summed E-state index contributed by atoms with van der Waals surface area (Å²) in [5.41, 5.74) is 1.15. The van der Waals surface area contributed by atoms with Gasteiger partial charge in [-0.2, -0.15) is 0 Å². The number of rotatable bonds is 7. The molecule has 118 valence electrons. The third-order valence-electron chi connectivity index (χ3n) is 3.35. The summed E-state index contributed by atoms with van der Waals surface area (Å²) in [6, 6.07) is 0. The molecule has 1 aliphatic carbocycles. The number of alkyl halides is 1. The van der Waals surface area contributed by atoms with Crippen LogP contribution in [0.1, 0.15) is 27.7 Å². The van der Waals surface area contributed by atoms with Gasteiger partial charge in [-0.05, 0) is 31.9 Å². The van der Waals surface area contributed by atoms with Crippen LogP contribution in [0.5, 0.6) is 0 Å². The smallest absolute Gasteiger partial charge is 0.315 e.